The van der Waals surface area contributed by atoms with Crippen LogP contribution in [0.25, 0.3) is 33.8 Å². The van der Waals surface area contributed by atoms with Crippen molar-refractivity contribution in [3.05, 3.63) is 52.5 Å². The molecule has 1 heterocycles. The lowest BCUT2D eigenvalue weighted by Crippen LogP contribution is -2.32. The van der Waals surface area contributed by atoms with E-state index in [4.69, 9.17) is 11.6 Å². The van der Waals surface area contributed by atoms with Crippen molar-refractivity contribution in [2.75, 3.05) is 0 Å². The van der Waals surface area contributed by atoms with Gasteiger partial charge >= 0.3 is 0 Å². The van der Waals surface area contributed by atoms with Crippen molar-refractivity contribution in [3.63, 3.8) is 0 Å². The average molecular weight is 308 g/mol. The lowest BCUT2D eigenvalue weighted by Gasteiger charge is -2.09. The van der Waals surface area contributed by atoms with E-state index in [2.05, 4.69) is 4.98 Å². The minimum atomic E-state index is -0.547. The summed E-state index contributed by atoms with van der Waals surface area (Å²) in [6.07, 6.45) is 3.77. The third kappa shape index (κ3) is 1.94. The molecule has 0 radical (unpaired) electrons. The van der Waals surface area contributed by atoms with E-state index in [1.807, 2.05) is 36.4 Å². The first-order valence-corrected chi connectivity index (χ1v) is 7.28. The standard InChI is InChI=1S/C18H10ClNO2/c19-18(22)15-7-10-3-1-2-4-13(10)14-8-11-5-6-12(21)9-16(11)20-17(14)15/h1-5,7-9H,6H2. The van der Waals surface area contributed by atoms with Crippen molar-refractivity contribution in [2.24, 2.45) is 0 Å². The highest BCUT2D eigenvalue weighted by molar-refractivity contribution is 6.68. The van der Waals surface area contributed by atoms with Crippen molar-refractivity contribution in [1.29, 1.82) is 0 Å². The van der Waals surface area contributed by atoms with Crippen LogP contribution in [0.2, 0.25) is 0 Å². The van der Waals surface area contributed by atoms with Crippen molar-refractivity contribution >= 4 is 56.5 Å². The summed E-state index contributed by atoms with van der Waals surface area (Å²) in [7, 11) is 0. The van der Waals surface area contributed by atoms with Gasteiger partial charge in [-0.2, -0.15) is 0 Å². The van der Waals surface area contributed by atoms with Gasteiger partial charge in [0.05, 0.1) is 16.4 Å². The zero-order chi connectivity index (χ0) is 15.3. The number of nitrogens with zero attached hydrogens (tertiary/aromatic N) is 1. The number of carbonyl (C=O) groups excluding carboxylic acids is 2. The normalized spacial score (nSPS) is 13.6. The first-order chi connectivity index (χ1) is 10.6. The lowest BCUT2D eigenvalue weighted by molar-refractivity contribution is -0.112. The first kappa shape index (κ1) is 13.2. The minimum Gasteiger partial charge on any atom is -0.294 e. The SMILES string of the molecule is O=C1C=c2nc3c(C(=O)Cl)cc4ccccc4c3cc2=CC1. The predicted molar refractivity (Wildman–Crippen MR) is 87.2 cm³/mol. The summed E-state index contributed by atoms with van der Waals surface area (Å²) in [5.41, 5.74) is 0.904. The Morgan fingerprint density at radius 3 is 2.77 bits per heavy atom. The van der Waals surface area contributed by atoms with E-state index in [0.717, 1.165) is 21.4 Å². The van der Waals surface area contributed by atoms with Gasteiger partial charge in [-0.25, -0.2) is 4.98 Å². The molecule has 0 aliphatic heterocycles. The maximum absolute atomic E-state index is 11.8. The highest BCUT2D eigenvalue weighted by Crippen LogP contribution is 2.27. The molecular formula is C18H10ClNO2. The zero-order valence-electron chi connectivity index (χ0n) is 11.5. The van der Waals surface area contributed by atoms with E-state index in [-0.39, 0.29) is 5.78 Å². The monoisotopic (exact) mass is 307 g/mol. The molecule has 0 saturated heterocycles. The Bertz CT molecular complexity index is 1100. The number of halogens is 1. The van der Waals surface area contributed by atoms with E-state index in [0.29, 0.717) is 22.9 Å². The number of pyridine rings is 1. The predicted octanol–water partition coefficient (Wildman–Crippen LogP) is 2.30. The van der Waals surface area contributed by atoms with Gasteiger partial charge < -0.3 is 0 Å². The second-order valence-corrected chi connectivity index (χ2v) is 5.64. The number of rotatable bonds is 1. The fourth-order valence-electron chi connectivity index (χ4n) is 2.90. The van der Waals surface area contributed by atoms with Gasteiger partial charge in [-0.1, -0.05) is 30.3 Å². The molecule has 0 bridgehead atoms. The number of Topliss-reactive ketones (excluding diaryl/α,β-unsaturated/α-hetero) is 1. The number of benzene rings is 2. The van der Waals surface area contributed by atoms with Gasteiger partial charge in [0.1, 0.15) is 0 Å². The van der Waals surface area contributed by atoms with E-state index < -0.39 is 5.24 Å². The van der Waals surface area contributed by atoms with E-state index in [1.165, 1.54) is 6.08 Å². The maximum atomic E-state index is 11.8. The molecule has 1 aliphatic carbocycles. The Morgan fingerprint density at radius 2 is 1.95 bits per heavy atom. The van der Waals surface area contributed by atoms with Crippen molar-refractivity contribution in [2.45, 2.75) is 6.42 Å². The molecule has 22 heavy (non-hydrogen) atoms. The Morgan fingerprint density at radius 1 is 1.14 bits per heavy atom. The van der Waals surface area contributed by atoms with Crippen LogP contribution in [0.4, 0.5) is 0 Å². The average Bonchev–Trinajstić information content (AvgIpc) is 2.52. The fourth-order valence-corrected chi connectivity index (χ4v) is 3.04. The minimum absolute atomic E-state index is 0.0129. The Kier molecular flexibility index (Phi) is 2.84. The third-order valence-corrected chi connectivity index (χ3v) is 4.13. The first-order valence-electron chi connectivity index (χ1n) is 6.90. The summed E-state index contributed by atoms with van der Waals surface area (Å²) >= 11 is 5.73. The highest BCUT2D eigenvalue weighted by atomic mass is 35.5. The largest absolute Gasteiger partial charge is 0.294 e. The topological polar surface area (TPSA) is 47.0 Å². The summed E-state index contributed by atoms with van der Waals surface area (Å²) < 4.78 is 0. The Labute approximate surface area is 130 Å². The number of aromatic nitrogens is 1. The number of hydrogen-bond acceptors (Lipinski definition) is 3. The van der Waals surface area contributed by atoms with Crippen LogP contribution < -0.4 is 10.6 Å². The molecule has 106 valence electrons. The van der Waals surface area contributed by atoms with Gasteiger partial charge in [-0.05, 0) is 39.7 Å². The van der Waals surface area contributed by atoms with Gasteiger partial charge in [-0.15, -0.1) is 0 Å². The van der Waals surface area contributed by atoms with Crippen molar-refractivity contribution in [1.82, 2.24) is 4.98 Å². The van der Waals surface area contributed by atoms with Gasteiger partial charge in [0.2, 0.25) is 0 Å². The molecular weight excluding hydrogens is 298 g/mol. The van der Waals surface area contributed by atoms with Crippen LogP contribution in [-0.4, -0.2) is 16.0 Å². The third-order valence-electron chi connectivity index (χ3n) is 3.92. The molecule has 3 aromatic rings. The summed E-state index contributed by atoms with van der Waals surface area (Å²) in [6.45, 7) is 0. The Balaban J connectivity index is 2.28. The molecule has 1 aliphatic rings. The molecule has 0 saturated carbocycles. The molecule has 1 aromatic heterocycles. The molecule has 3 nitrogen and oxygen atoms in total. The molecule has 4 heteroatoms. The smallest absolute Gasteiger partial charge is 0.254 e. The van der Waals surface area contributed by atoms with E-state index >= 15 is 0 Å². The number of fused-ring (bicyclic) bond motifs is 4. The molecule has 0 N–H and O–H groups in total. The van der Waals surface area contributed by atoms with Crippen LogP contribution in [0.3, 0.4) is 0 Å². The molecule has 0 fully saturated rings. The van der Waals surface area contributed by atoms with Gasteiger partial charge in [0, 0.05) is 17.9 Å². The number of hydrogen-bond donors (Lipinski definition) is 0. The molecule has 2 aromatic carbocycles. The second kappa shape index (κ2) is 4.75. The van der Waals surface area contributed by atoms with Gasteiger partial charge in [0.25, 0.3) is 5.24 Å². The lowest BCUT2D eigenvalue weighted by atomic mass is 9.99. The zero-order valence-corrected chi connectivity index (χ0v) is 12.2. The van der Waals surface area contributed by atoms with Crippen LogP contribution in [0.1, 0.15) is 16.8 Å². The van der Waals surface area contributed by atoms with Gasteiger partial charge in [-0.3, -0.25) is 9.59 Å². The summed E-state index contributed by atoms with van der Waals surface area (Å²) in [6, 6.07) is 11.5. The van der Waals surface area contributed by atoms with Crippen LogP contribution in [0.15, 0.2) is 36.4 Å². The molecule has 0 atom stereocenters. The molecule has 4 rings (SSSR count). The summed E-state index contributed by atoms with van der Waals surface area (Å²) in [4.78, 5) is 27.9. The molecule has 0 unspecified atom stereocenters. The second-order valence-electron chi connectivity index (χ2n) is 5.30. The van der Waals surface area contributed by atoms with Crippen molar-refractivity contribution in [3.8, 4) is 0 Å². The van der Waals surface area contributed by atoms with E-state index in [9.17, 15) is 9.59 Å². The molecule has 0 spiro atoms. The van der Waals surface area contributed by atoms with Crippen LogP contribution in [-0.2, 0) is 4.79 Å². The maximum Gasteiger partial charge on any atom is 0.254 e. The van der Waals surface area contributed by atoms with Crippen LogP contribution in [0, 0.1) is 0 Å². The fraction of sp³-hybridized carbons (Fsp3) is 0.0556. The quantitative estimate of drug-likeness (QED) is 0.512. The highest BCUT2D eigenvalue weighted by Gasteiger charge is 2.14. The summed E-state index contributed by atoms with van der Waals surface area (Å²) in [5, 5.41) is 3.79. The van der Waals surface area contributed by atoms with Crippen LogP contribution >= 0.6 is 11.6 Å². The van der Waals surface area contributed by atoms with Crippen molar-refractivity contribution < 1.29 is 9.59 Å². The van der Waals surface area contributed by atoms with E-state index in [1.54, 1.807) is 6.07 Å². The molecule has 0 amide bonds. The van der Waals surface area contributed by atoms with Gasteiger partial charge in [0.15, 0.2) is 5.78 Å². The number of ketones is 1. The number of carbonyl (C=O) groups is 2. The Hall–Kier alpha value is -2.52. The summed E-state index contributed by atoms with van der Waals surface area (Å²) in [5.74, 6) is 0.0129. The van der Waals surface area contributed by atoms with Crippen LogP contribution in [0.5, 0.6) is 0 Å².